The molecule has 134 valence electrons. The average Bonchev–Trinajstić information content (AvgIpc) is 2.52. The van der Waals surface area contributed by atoms with Gasteiger partial charge in [-0.3, -0.25) is 24.3 Å². The minimum absolute atomic E-state index is 0.0202. The highest BCUT2D eigenvalue weighted by molar-refractivity contribution is 6.27. The van der Waals surface area contributed by atoms with Gasteiger partial charge < -0.3 is 4.90 Å². The number of hydrogen-bond acceptors (Lipinski definition) is 5. The topological polar surface area (TPSA) is 70.1 Å². The first-order chi connectivity index (χ1) is 11.3. The van der Waals surface area contributed by atoms with Crippen molar-refractivity contribution in [1.82, 2.24) is 9.80 Å². The van der Waals surface area contributed by atoms with Crippen LogP contribution in [0.1, 0.15) is 26.7 Å². The van der Waals surface area contributed by atoms with Crippen molar-refractivity contribution in [2.45, 2.75) is 26.7 Å². The molecule has 0 radical (unpaired) electrons. The van der Waals surface area contributed by atoms with Gasteiger partial charge in [-0.05, 0) is 5.41 Å². The van der Waals surface area contributed by atoms with E-state index in [1.54, 1.807) is 4.90 Å². The zero-order valence-electron chi connectivity index (χ0n) is 14.5. The first-order valence-electron chi connectivity index (χ1n) is 8.44. The second kappa shape index (κ2) is 8.21. The number of carbonyl (C=O) groups excluding carboxylic acids is 3. The molecule has 2 fully saturated rings. The molecule has 0 atom stereocenters. The summed E-state index contributed by atoms with van der Waals surface area (Å²) in [5.74, 6) is -0.686. The van der Waals surface area contributed by atoms with Gasteiger partial charge in [0.05, 0.1) is 6.54 Å². The molecule has 0 spiro atoms. The molecular weight excluding hydrogens is 330 g/mol. The smallest absolute Gasteiger partial charge is 0.237 e. The van der Waals surface area contributed by atoms with Crippen LogP contribution >= 0.6 is 11.6 Å². The Hall–Kier alpha value is -1.27. The molecule has 1 saturated carbocycles. The highest BCUT2D eigenvalue weighted by atomic mass is 35.5. The van der Waals surface area contributed by atoms with Gasteiger partial charge in [0.15, 0.2) is 0 Å². The van der Waals surface area contributed by atoms with E-state index in [9.17, 15) is 14.4 Å². The Labute approximate surface area is 148 Å². The molecule has 0 N–H and O–H groups in total. The number of aliphatic imine (C=N–C) groups is 1. The molecule has 0 bridgehead atoms. The van der Waals surface area contributed by atoms with Crippen molar-refractivity contribution in [2.24, 2.45) is 16.3 Å². The molecule has 2 aliphatic rings. The molecular formula is C17H26ClN3O3. The van der Waals surface area contributed by atoms with Crippen LogP contribution < -0.4 is 0 Å². The van der Waals surface area contributed by atoms with Gasteiger partial charge in [-0.2, -0.15) is 0 Å². The largest absolute Gasteiger partial charge is 0.339 e. The van der Waals surface area contributed by atoms with E-state index < -0.39 is 5.92 Å². The number of piperazine rings is 1. The van der Waals surface area contributed by atoms with Crippen LogP contribution in [0.25, 0.3) is 0 Å². The van der Waals surface area contributed by atoms with Crippen molar-refractivity contribution >= 4 is 35.3 Å². The van der Waals surface area contributed by atoms with E-state index in [4.69, 9.17) is 11.6 Å². The van der Waals surface area contributed by atoms with Crippen LogP contribution in [0.4, 0.5) is 0 Å². The Morgan fingerprint density at radius 1 is 1.21 bits per heavy atom. The zero-order valence-corrected chi connectivity index (χ0v) is 15.2. The normalized spacial score (nSPS) is 23.2. The minimum atomic E-state index is -0.656. The van der Waals surface area contributed by atoms with Crippen molar-refractivity contribution in [2.75, 3.05) is 45.1 Å². The predicted molar refractivity (Wildman–Crippen MR) is 93.6 cm³/mol. The average molecular weight is 356 g/mol. The number of ketones is 2. The fourth-order valence-electron chi connectivity index (χ4n) is 3.26. The third kappa shape index (κ3) is 5.11. The maximum Gasteiger partial charge on any atom is 0.237 e. The number of hydrogen-bond donors (Lipinski definition) is 0. The second-order valence-corrected chi connectivity index (χ2v) is 7.61. The van der Waals surface area contributed by atoms with Crippen LogP contribution in [0, 0.1) is 11.3 Å². The van der Waals surface area contributed by atoms with E-state index >= 15 is 0 Å². The summed E-state index contributed by atoms with van der Waals surface area (Å²) in [7, 11) is 0. The van der Waals surface area contributed by atoms with E-state index in [0.29, 0.717) is 32.5 Å². The Bertz CT molecular complexity index is 505. The lowest BCUT2D eigenvalue weighted by Gasteiger charge is -2.34. The molecule has 1 saturated heterocycles. The Morgan fingerprint density at radius 3 is 2.33 bits per heavy atom. The summed E-state index contributed by atoms with van der Waals surface area (Å²) in [4.78, 5) is 43.9. The molecule has 0 aromatic rings. The monoisotopic (exact) mass is 355 g/mol. The van der Waals surface area contributed by atoms with Crippen molar-refractivity contribution in [3.63, 3.8) is 0 Å². The molecule has 7 heteroatoms. The first-order valence-corrected chi connectivity index (χ1v) is 8.97. The lowest BCUT2D eigenvalue weighted by Crippen LogP contribution is -2.49. The number of Topliss-reactive ketones (excluding diaryl/α,β-unsaturated/α-hetero) is 2. The van der Waals surface area contributed by atoms with Crippen molar-refractivity contribution < 1.29 is 14.4 Å². The summed E-state index contributed by atoms with van der Waals surface area (Å²) < 4.78 is 0. The van der Waals surface area contributed by atoms with E-state index in [0.717, 1.165) is 19.6 Å². The van der Waals surface area contributed by atoms with Crippen molar-refractivity contribution in [1.29, 1.82) is 0 Å². The molecule has 2 rings (SSSR count). The molecule has 6 nitrogen and oxygen atoms in total. The van der Waals surface area contributed by atoms with Crippen LogP contribution in [0.5, 0.6) is 0 Å². The molecule has 1 aliphatic carbocycles. The number of carbonyl (C=O) groups is 3. The molecule has 0 aromatic carbocycles. The lowest BCUT2D eigenvalue weighted by molar-refractivity contribution is -0.136. The van der Waals surface area contributed by atoms with Crippen LogP contribution in [0.3, 0.4) is 0 Å². The number of amides is 1. The molecule has 0 unspecified atom stereocenters. The maximum atomic E-state index is 12.1. The Kier molecular flexibility index (Phi) is 6.52. The van der Waals surface area contributed by atoms with Gasteiger partial charge in [-0.1, -0.05) is 13.8 Å². The standard InChI is InChI=1S/C17H26ClN3O3/c1-17(2)9-14(22)13(15(23)10-17)12-19-3-4-20-5-7-21(8-6-20)16(24)11-18/h12-13H,3-11H2,1-2H3. The van der Waals surface area contributed by atoms with E-state index in [1.807, 2.05) is 13.8 Å². The van der Waals surface area contributed by atoms with Crippen LogP contribution in [-0.4, -0.2) is 78.6 Å². The van der Waals surface area contributed by atoms with Crippen LogP contribution in [0.2, 0.25) is 0 Å². The number of nitrogens with zero attached hydrogens (tertiary/aromatic N) is 3. The zero-order chi connectivity index (χ0) is 17.7. The Balaban J connectivity index is 1.73. The summed E-state index contributed by atoms with van der Waals surface area (Å²) >= 11 is 5.56. The van der Waals surface area contributed by atoms with Gasteiger partial charge in [0.1, 0.15) is 23.4 Å². The molecule has 1 aliphatic heterocycles. The van der Waals surface area contributed by atoms with E-state index in [1.165, 1.54) is 6.21 Å². The number of alkyl halides is 1. The summed E-state index contributed by atoms with van der Waals surface area (Å²) in [6.45, 7) is 8.19. The third-order valence-corrected chi connectivity index (χ3v) is 4.87. The van der Waals surface area contributed by atoms with Gasteiger partial charge in [0.25, 0.3) is 0 Å². The quantitative estimate of drug-likeness (QED) is 0.419. The lowest BCUT2D eigenvalue weighted by atomic mass is 9.72. The van der Waals surface area contributed by atoms with Crippen molar-refractivity contribution in [3.05, 3.63) is 0 Å². The molecule has 0 aromatic heterocycles. The second-order valence-electron chi connectivity index (χ2n) is 7.34. The highest BCUT2D eigenvalue weighted by Gasteiger charge is 2.38. The summed E-state index contributed by atoms with van der Waals surface area (Å²) in [5, 5.41) is 0. The minimum Gasteiger partial charge on any atom is -0.339 e. The van der Waals surface area contributed by atoms with Gasteiger partial charge in [0.2, 0.25) is 5.91 Å². The number of rotatable bonds is 5. The highest BCUT2D eigenvalue weighted by Crippen LogP contribution is 2.33. The van der Waals surface area contributed by atoms with Gasteiger partial charge in [-0.15, -0.1) is 11.6 Å². The summed E-state index contributed by atoms with van der Waals surface area (Å²) in [6, 6.07) is 0. The van der Waals surface area contributed by atoms with Crippen LogP contribution in [-0.2, 0) is 14.4 Å². The van der Waals surface area contributed by atoms with E-state index in [2.05, 4.69) is 9.89 Å². The van der Waals surface area contributed by atoms with Gasteiger partial charge >= 0.3 is 0 Å². The first kappa shape index (κ1) is 19.1. The van der Waals surface area contributed by atoms with E-state index in [-0.39, 0.29) is 28.8 Å². The predicted octanol–water partition coefficient (Wildman–Crippen LogP) is 1.01. The summed E-state index contributed by atoms with van der Waals surface area (Å²) in [6.07, 6.45) is 2.41. The maximum absolute atomic E-state index is 12.1. The summed E-state index contributed by atoms with van der Waals surface area (Å²) in [5.41, 5.74) is -0.224. The molecule has 1 amide bonds. The van der Waals surface area contributed by atoms with Crippen LogP contribution in [0.15, 0.2) is 4.99 Å². The fourth-order valence-corrected chi connectivity index (χ4v) is 3.43. The van der Waals surface area contributed by atoms with Crippen molar-refractivity contribution in [3.8, 4) is 0 Å². The van der Waals surface area contributed by atoms with Gasteiger partial charge in [-0.25, -0.2) is 0 Å². The molecule has 1 heterocycles. The SMILES string of the molecule is CC1(C)CC(=O)C(C=NCCN2CCN(C(=O)CCl)CC2)C(=O)C1. The number of halogens is 1. The Morgan fingerprint density at radius 2 is 1.79 bits per heavy atom. The molecule has 24 heavy (non-hydrogen) atoms. The fraction of sp³-hybridized carbons (Fsp3) is 0.765. The van der Waals surface area contributed by atoms with Gasteiger partial charge in [0, 0.05) is 51.8 Å². The third-order valence-electron chi connectivity index (χ3n) is 4.64.